The summed E-state index contributed by atoms with van der Waals surface area (Å²) in [6.45, 7) is 8.50. The average molecular weight is 237 g/mol. The topological polar surface area (TPSA) is 0 Å². The van der Waals surface area contributed by atoms with Gasteiger partial charge in [-0.05, 0) is 41.5 Å². The molecule has 0 radical (unpaired) electrons. The first kappa shape index (κ1) is 9.01. The van der Waals surface area contributed by atoms with Gasteiger partial charge in [-0.25, -0.2) is 0 Å². The van der Waals surface area contributed by atoms with Crippen molar-refractivity contribution in [2.45, 2.75) is 20.3 Å². The van der Waals surface area contributed by atoms with E-state index in [9.17, 15) is 0 Å². The molecule has 1 atom stereocenters. The number of fused-ring (bicyclic) bond motifs is 1. The van der Waals surface area contributed by atoms with E-state index in [1.165, 1.54) is 26.7 Å². The number of benzene rings is 1. The Balaban J connectivity index is 2.64. The van der Waals surface area contributed by atoms with Crippen molar-refractivity contribution in [3.63, 3.8) is 0 Å². The van der Waals surface area contributed by atoms with Gasteiger partial charge in [0, 0.05) is 4.47 Å². The third-order valence-corrected chi connectivity index (χ3v) is 3.99. The normalized spacial score (nSPS) is 20.5. The van der Waals surface area contributed by atoms with Crippen molar-refractivity contribution in [2.75, 3.05) is 0 Å². The van der Waals surface area contributed by atoms with E-state index < -0.39 is 0 Å². The summed E-state index contributed by atoms with van der Waals surface area (Å²) in [5.74, 6) is 0.605. The average Bonchev–Trinajstić information content (AvgIpc) is 2.38. The van der Waals surface area contributed by atoms with Gasteiger partial charge in [0.1, 0.15) is 0 Å². The fraction of sp³-hybridized carbons (Fsp3) is 0.333. The molecule has 0 N–H and O–H groups in total. The van der Waals surface area contributed by atoms with Crippen molar-refractivity contribution in [3.05, 3.63) is 39.9 Å². The highest BCUT2D eigenvalue weighted by Gasteiger charge is 2.23. The second kappa shape index (κ2) is 2.98. The monoisotopic (exact) mass is 236 g/mol. The highest BCUT2D eigenvalue weighted by Crippen LogP contribution is 2.40. The third kappa shape index (κ3) is 1.26. The summed E-state index contributed by atoms with van der Waals surface area (Å²) in [6, 6.07) is 4.35. The molecule has 1 heteroatoms. The van der Waals surface area contributed by atoms with Gasteiger partial charge in [-0.1, -0.05) is 41.6 Å². The predicted molar refractivity (Wildman–Crippen MR) is 60.8 cm³/mol. The van der Waals surface area contributed by atoms with E-state index in [1.807, 2.05) is 0 Å². The molecule has 1 aliphatic rings. The number of hydrogen-bond acceptors (Lipinski definition) is 0. The Morgan fingerprint density at radius 2 is 2.15 bits per heavy atom. The van der Waals surface area contributed by atoms with Crippen molar-refractivity contribution in [1.29, 1.82) is 0 Å². The Kier molecular flexibility index (Phi) is 2.07. The number of aryl methyl sites for hydroxylation is 1. The van der Waals surface area contributed by atoms with E-state index in [1.54, 1.807) is 0 Å². The minimum absolute atomic E-state index is 0.605. The first-order chi connectivity index (χ1) is 6.11. The zero-order valence-corrected chi connectivity index (χ0v) is 9.61. The van der Waals surface area contributed by atoms with E-state index in [0.717, 1.165) is 6.42 Å². The summed E-state index contributed by atoms with van der Waals surface area (Å²) in [7, 11) is 0. The molecular formula is C12H13Br. The molecule has 0 heterocycles. The Hall–Kier alpha value is -0.560. The summed E-state index contributed by atoms with van der Waals surface area (Å²) in [5.41, 5.74) is 5.40. The largest absolute Gasteiger partial charge is 0.0949 e. The van der Waals surface area contributed by atoms with Crippen LogP contribution in [-0.4, -0.2) is 0 Å². The van der Waals surface area contributed by atoms with Gasteiger partial charge < -0.3 is 0 Å². The summed E-state index contributed by atoms with van der Waals surface area (Å²) in [4.78, 5) is 0. The lowest BCUT2D eigenvalue weighted by atomic mass is 10.0. The van der Waals surface area contributed by atoms with E-state index in [0.29, 0.717) is 5.92 Å². The molecule has 1 unspecified atom stereocenters. The molecule has 0 saturated carbocycles. The molecule has 1 aliphatic carbocycles. The van der Waals surface area contributed by atoms with E-state index in [-0.39, 0.29) is 0 Å². The van der Waals surface area contributed by atoms with Crippen LogP contribution < -0.4 is 0 Å². The molecule has 13 heavy (non-hydrogen) atoms. The molecule has 68 valence electrons. The van der Waals surface area contributed by atoms with Crippen LogP contribution in [0.25, 0.3) is 5.57 Å². The number of rotatable bonds is 0. The van der Waals surface area contributed by atoms with Crippen LogP contribution in [0.3, 0.4) is 0 Å². The molecule has 0 bridgehead atoms. The van der Waals surface area contributed by atoms with Gasteiger partial charge >= 0.3 is 0 Å². The van der Waals surface area contributed by atoms with Crippen molar-refractivity contribution in [2.24, 2.45) is 5.92 Å². The van der Waals surface area contributed by atoms with Crippen molar-refractivity contribution in [3.8, 4) is 0 Å². The fourth-order valence-corrected chi connectivity index (χ4v) is 2.44. The number of hydrogen-bond donors (Lipinski definition) is 0. The Morgan fingerprint density at radius 3 is 2.85 bits per heavy atom. The van der Waals surface area contributed by atoms with Crippen LogP contribution in [0.4, 0.5) is 0 Å². The SMILES string of the molecule is C=C1c2ccc(C)c(Br)c2CC1C. The van der Waals surface area contributed by atoms with Crippen LogP contribution in [0.5, 0.6) is 0 Å². The van der Waals surface area contributed by atoms with Gasteiger partial charge in [-0.15, -0.1) is 0 Å². The molecule has 0 nitrogen and oxygen atoms in total. The van der Waals surface area contributed by atoms with Gasteiger partial charge in [-0.3, -0.25) is 0 Å². The highest BCUT2D eigenvalue weighted by molar-refractivity contribution is 9.10. The minimum Gasteiger partial charge on any atom is -0.0949 e. The molecule has 0 aliphatic heterocycles. The van der Waals surface area contributed by atoms with Crippen molar-refractivity contribution >= 4 is 21.5 Å². The lowest BCUT2D eigenvalue weighted by molar-refractivity contribution is 0.779. The van der Waals surface area contributed by atoms with Crippen LogP contribution >= 0.6 is 15.9 Å². The fourth-order valence-electron chi connectivity index (χ4n) is 1.93. The van der Waals surface area contributed by atoms with Crippen LogP contribution in [0.2, 0.25) is 0 Å². The smallest absolute Gasteiger partial charge is 0.0242 e. The first-order valence-corrected chi connectivity index (χ1v) is 5.37. The molecule has 0 aromatic heterocycles. The molecule has 0 spiro atoms. The second-order valence-electron chi connectivity index (χ2n) is 3.85. The minimum atomic E-state index is 0.605. The summed E-state index contributed by atoms with van der Waals surface area (Å²) in [5, 5.41) is 0. The molecule has 0 saturated heterocycles. The van der Waals surface area contributed by atoms with Crippen molar-refractivity contribution < 1.29 is 0 Å². The maximum Gasteiger partial charge on any atom is 0.0242 e. The van der Waals surface area contributed by atoms with E-state index in [4.69, 9.17) is 0 Å². The summed E-state index contributed by atoms with van der Waals surface area (Å²) >= 11 is 3.65. The maximum atomic E-state index is 4.13. The zero-order chi connectivity index (χ0) is 9.59. The predicted octanol–water partition coefficient (Wildman–Crippen LogP) is 3.96. The van der Waals surface area contributed by atoms with Crippen LogP contribution in [0, 0.1) is 12.8 Å². The lowest BCUT2D eigenvalue weighted by Gasteiger charge is -2.05. The molecule has 1 aromatic rings. The third-order valence-electron chi connectivity index (χ3n) is 2.89. The van der Waals surface area contributed by atoms with Gasteiger partial charge in [0.2, 0.25) is 0 Å². The van der Waals surface area contributed by atoms with E-state index >= 15 is 0 Å². The van der Waals surface area contributed by atoms with E-state index in [2.05, 4.69) is 48.5 Å². The molecule has 1 aromatic carbocycles. The first-order valence-electron chi connectivity index (χ1n) is 4.58. The summed E-state index contributed by atoms with van der Waals surface area (Å²) < 4.78 is 1.27. The van der Waals surface area contributed by atoms with Gasteiger partial charge in [0.25, 0.3) is 0 Å². The van der Waals surface area contributed by atoms with Crippen LogP contribution in [0.1, 0.15) is 23.6 Å². The van der Waals surface area contributed by atoms with Crippen LogP contribution in [0.15, 0.2) is 23.2 Å². The number of allylic oxidation sites excluding steroid dienone is 1. The standard InChI is InChI=1S/C12H13Br/c1-7-4-5-10-9(3)8(2)6-11(10)12(7)13/h4-5,8H,3,6H2,1-2H3. The van der Waals surface area contributed by atoms with Gasteiger partial charge in [-0.2, -0.15) is 0 Å². The van der Waals surface area contributed by atoms with Crippen molar-refractivity contribution in [1.82, 2.24) is 0 Å². The Morgan fingerprint density at radius 1 is 1.46 bits per heavy atom. The Labute approximate surface area is 87.8 Å². The second-order valence-corrected chi connectivity index (χ2v) is 4.65. The quantitative estimate of drug-likeness (QED) is 0.640. The highest BCUT2D eigenvalue weighted by atomic mass is 79.9. The van der Waals surface area contributed by atoms with Gasteiger partial charge in [0.05, 0.1) is 0 Å². The molecule has 2 rings (SSSR count). The zero-order valence-electron chi connectivity index (χ0n) is 8.02. The van der Waals surface area contributed by atoms with Gasteiger partial charge in [0.15, 0.2) is 0 Å². The summed E-state index contributed by atoms with van der Waals surface area (Å²) in [6.07, 6.45) is 1.14. The molecule has 0 amide bonds. The maximum absolute atomic E-state index is 4.13. The Bertz CT molecular complexity index is 377. The number of halogens is 1. The van der Waals surface area contributed by atoms with Crippen LogP contribution in [-0.2, 0) is 6.42 Å². The molecule has 0 fully saturated rings. The lowest BCUT2D eigenvalue weighted by Crippen LogP contribution is -1.89. The molecular weight excluding hydrogens is 224 g/mol.